The normalized spacial score (nSPS) is 20.3. The molecule has 0 bridgehead atoms. The summed E-state index contributed by atoms with van der Waals surface area (Å²) in [5, 5.41) is 20.6. The highest BCUT2D eigenvalue weighted by Gasteiger charge is 2.36. The van der Waals surface area contributed by atoms with E-state index in [2.05, 4.69) is 29.8 Å². The summed E-state index contributed by atoms with van der Waals surface area (Å²) in [6.45, 7) is 6.28. The van der Waals surface area contributed by atoms with Crippen LogP contribution in [-0.4, -0.2) is 30.5 Å². The molecule has 1 aromatic rings. The monoisotopic (exact) mass is 320 g/mol. The summed E-state index contributed by atoms with van der Waals surface area (Å²) in [7, 11) is 1.86. The van der Waals surface area contributed by atoms with Gasteiger partial charge < -0.3 is 16.0 Å². The Hall–Kier alpha value is -2.15. The van der Waals surface area contributed by atoms with E-state index in [9.17, 15) is 14.9 Å². The fourth-order valence-corrected chi connectivity index (χ4v) is 2.96. The molecule has 1 aliphatic heterocycles. The van der Waals surface area contributed by atoms with Crippen LogP contribution in [0.1, 0.15) is 38.8 Å². The van der Waals surface area contributed by atoms with Crippen LogP contribution in [0.4, 0.5) is 11.4 Å². The zero-order chi connectivity index (χ0) is 17.2. The molecule has 0 fully saturated rings. The molecule has 3 N–H and O–H groups in total. The van der Waals surface area contributed by atoms with Crippen LogP contribution in [0.2, 0.25) is 0 Å². The van der Waals surface area contributed by atoms with E-state index in [0.29, 0.717) is 6.54 Å². The minimum atomic E-state index is -0.375. The fourth-order valence-electron chi connectivity index (χ4n) is 2.96. The van der Waals surface area contributed by atoms with Gasteiger partial charge in [-0.15, -0.1) is 0 Å². The summed E-state index contributed by atoms with van der Waals surface area (Å²) >= 11 is 0. The molecule has 23 heavy (non-hydrogen) atoms. The molecule has 0 radical (unpaired) electrons. The van der Waals surface area contributed by atoms with Crippen LogP contribution in [0.15, 0.2) is 18.2 Å². The number of anilines is 1. The second-order valence-corrected chi connectivity index (χ2v) is 6.70. The van der Waals surface area contributed by atoms with Crippen LogP contribution in [0, 0.1) is 15.5 Å². The van der Waals surface area contributed by atoms with E-state index in [-0.39, 0.29) is 34.0 Å². The number of nitrogens with one attached hydrogen (secondary N) is 3. The SMILES string of the molecule is CNC1CC(C(C)(C)CNC(C)=O)Nc2ccc([N+](=O)[O-])cc21. The Morgan fingerprint density at radius 2 is 2.17 bits per heavy atom. The quantitative estimate of drug-likeness (QED) is 0.571. The van der Waals surface area contributed by atoms with Gasteiger partial charge in [-0.1, -0.05) is 13.8 Å². The Balaban J connectivity index is 2.26. The molecule has 1 heterocycles. The molecule has 2 atom stereocenters. The van der Waals surface area contributed by atoms with E-state index >= 15 is 0 Å². The van der Waals surface area contributed by atoms with Crippen LogP contribution >= 0.6 is 0 Å². The summed E-state index contributed by atoms with van der Waals surface area (Å²) in [6, 6.07) is 5.08. The number of nitrogens with zero attached hydrogens (tertiary/aromatic N) is 1. The number of rotatable bonds is 5. The molecule has 2 unspecified atom stereocenters. The minimum absolute atomic E-state index is 0.0350. The average molecular weight is 320 g/mol. The third-order valence-electron chi connectivity index (χ3n) is 4.51. The maximum Gasteiger partial charge on any atom is 0.269 e. The summed E-state index contributed by atoms with van der Waals surface area (Å²) < 4.78 is 0. The smallest absolute Gasteiger partial charge is 0.269 e. The first-order chi connectivity index (χ1) is 10.7. The van der Waals surface area contributed by atoms with Crippen molar-refractivity contribution in [3.05, 3.63) is 33.9 Å². The number of fused-ring (bicyclic) bond motifs is 1. The van der Waals surface area contributed by atoms with Gasteiger partial charge in [0.05, 0.1) is 4.92 Å². The topological polar surface area (TPSA) is 96.3 Å². The molecular formula is C16H24N4O3. The van der Waals surface area contributed by atoms with Crippen molar-refractivity contribution in [2.24, 2.45) is 5.41 Å². The van der Waals surface area contributed by atoms with Crippen molar-refractivity contribution in [1.29, 1.82) is 0 Å². The van der Waals surface area contributed by atoms with E-state index in [1.54, 1.807) is 12.1 Å². The molecule has 126 valence electrons. The summed E-state index contributed by atoms with van der Waals surface area (Å²) in [4.78, 5) is 21.8. The molecule has 7 heteroatoms. The Bertz CT molecular complexity index is 615. The molecule has 0 aromatic heterocycles. The highest BCUT2D eigenvalue weighted by molar-refractivity contribution is 5.72. The number of hydrogen-bond donors (Lipinski definition) is 3. The lowest BCUT2D eigenvalue weighted by atomic mass is 9.77. The predicted molar refractivity (Wildman–Crippen MR) is 89.4 cm³/mol. The van der Waals surface area contributed by atoms with Gasteiger partial charge in [-0.25, -0.2) is 0 Å². The first kappa shape index (κ1) is 17.2. The van der Waals surface area contributed by atoms with Crippen molar-refractivity contribution >= 4 is 17.3 Å². The van der Waals surface area contributed by atoms with Crippen LogP contribution in [0.25, 0.3) is 0 Å². The number of amides is 1. The standard InChI is InChI=1S/C16H24N4O3/c1-10(21)18-9-16(2,3)15-8-14(17-4)12-7-11(20(22)23)5-6-13(12)19-15/h5-7,14-15,17,19H,8-9H2,1-4H3,(H,18,21). The van der Waals surface area contributed by atoms with E-state index in [1.807, 2.05) is 7.05 Å². The van der Waals surface area contributed by atoms with E-state index in [4.69, 9.17) is 0 Å². The van der Waals surface area contributed by atoms with Crippen molar-refractivity contribution < 1.29 is 9.72 Å². The maximum atomic E-state index is 11.2. The molecule has 1 aromatic carbocycles. The van der Waals surface area contributed by atoms with Crippen LogP contribution < -0.4 is 16.0 Å². The number of nitro groups is 1. The number of hydrogen-bond acceptors (Lipinski definition) is 5. The van der Waals surface area contributed by atoms with Gasteiger partial charge in [-0.2, -0.15) is 0 Å². The first-order valence-electron chi connectivity index (χ1n) is 7.71. The van der Waals surface area contributed by atoms with Crippen LogP contribution in [0.5, 0.6) is 0 Å². The highest BCUT2D eigenvalue weighted by Crippen LogP contribution is 2.39. The van der Waals surface area contributed by atoms with Crippen molar-refractivity contribution in [2.45, 2.75) is 39.3 Å². The minimum Gasteiger partial charge on any atom is -0.381 e. The number of carbonyl (C=O) groups excluding carboxylic acids is 1. The van der Waals surface area contributed by atoms with Crippen molar-refractivity contribution in [1.82, 2.24) is 10.6 Å². The first-order valence-corrected chi connectivity index (χ1v) is 7.71. The summed E-state index contributed by atoms with van der Waals surface area (Å²) in [5.41, 5.74) is 1.76. The fraction of sp³-hybridized carbons (Fsp3) is 0.562. The largest absolute Gasteiger partial charge is 0.381 e. The Morgan fingerprint density at radius 3 is 2.74 bits per heavy atom. The molecule has 0 aliphatic carbocycles. The Labute approximate surface area is 136 Å². The molecule has 2 rings (SSSR count). The third kappa shape index (κ3) is 3.79. The molecule has 0 spiro atoms. The molecule has 0 saturated heterocycles. The van der Waals surface area contributed by atoms with Gasteiger partial charge in [0.1, 0.15) is 0 Å². The van der Waals surface area contributed by atoms with Gasteiger partial charge in [0, 0.05) is 48.8 Å². The zero-order valence-corrected chi connectivity index (χ0v) is 14.0. The van der Waals surface area contributed by atoms with Crippen molar-refractivity contribution in [3.63, 3.8) is 0 Å². The Kier molecular flexibility index (Phi) is 4.89. The summed E-state index contributed by atoms with van der Waals surface area (Å²) in [6.07, 6.45) is 0.789. The van der Waals surface area contributed by atoms with Gasteiger partial charge >= 0.3 is 0 Å². The zero-order valence-electron chi connectivity index (χ0n) is 14.0. The second-order valence-electron chi connectivity index (χ2n) is 6.70. The number of benzene rings is 1. The van der Waals surface area contributed by atoms with Gasteiger partial charge in [-0.05, 0) is 25.1 Å². The number of nitro benzene ring substituents is 1. The molecule has 1 amide bonds. The van der Waals surface area contributed by atoms with Crippen LogP contribution in [-0.2, 0) is 4.79 Å². The lowest BCUT2D eigenvalue weighted by Crippen LogP contribution is -2.48. The Morgan fingerprint density at radius 1 is 1.48 bits per heavy atom. The number of non-ortho nitro benzene ring substituents is 1. The lowest BCUT2D eigenvalue weighted by Gasteiger charge is -2.42. The van der Waals surface area contributed by atoms with Gasteiger partial charge in [0.15, 0.2) is 0 Å². The van der Waals surface area contributed by atoms with Gasteiger partial charge in [-0.3, -0.25) is 14.9 Å². The van der Waals surface area contributed by atoms with Crippen molar-refractivity contribution in [2.75, 3.05) is 18.9 Å². The van der Waals surface area contributed by atoms with Gasteiger partial charge in [0.25, 0.3) is 5.69 Å². The van der Waals surface area contributed by atoms with E-state index in [1.165, 1.54) is 13.0 Å². The van der Waals surface area contributed by atoms with Crippen molar-refractivity contribution in [3.8, 4) is 0 Å². The lowest BCUT2D eigenvalue weighted by molar-refractivity contribution is -0.384. The van der Waals surface area contributed by atoms with Gasteiger partial charge in [0.2, 0.25) is 5.91 Å². The third-order valence-corrected chi connectivity index (χ3v) is 4.51. The molecule has 7 nitrogen and oxygen atoms in total. The highest BCUT2D eigenvalue weighted by atomic mass is 16.6. The van der Waals surface area contributed by atoms with Crippen LogP contribution in [0.3, 0.4) is 0 Å². The predicted octanol–water partition coefficient (Wildman–Crippen LogP) is 2.20. The maximum absolute atomic E-state index is 11.2. The molecule has 1 aliphatic rings. The average Bonchev–Trinajstić information content (AvgIpc) is 2.51. The second kappa shape index (κ2) is 6.54. The number of carbonyl (C=O) groups is 1. The van der Waals surface area contributed by atoms with E-state index in [0.717, 1.165) is 17.7 Å². The summed E-state index contributed by atoms with van der Waals surface area (Å²) in [5.74, 6) is -0.0462. The molecular weight excluding hydrogens is 296 g/mol. The van der Waals surface area contributed by atoms with E-state index < -0.39 is 0 Å². The molecule has 0 saturated carbocycles.